The lowest BCUT2D eigenvalue weighted by Gasteiger charge is -2.09. The first-order valence-electron chi connectivity index (χ1n) is 9.46. The van der Waals surface area contributed by atoms with Gasteiger partial charge in [0, 0.05) is 4.88 Å². The number of anilines is 2. The number of alkyl halides is 3. The number of carbonyl (C=O) groups excluding carboxylic acids is 1. The Morgan fingerprint density at radius 3 is 2.72 bits per heavy atom. The lowest BCUT2D eigenvalue weighted by atomic mass is 10.1. The van der Waals surface area contributed by atoms with Crippen molar-refractivity contribution in [2.45, 2.75) is 33.0 Å². The van der Waals surface area contributed by atoms with Gasteiger partial charge in [0.2, 0.25) is 5.95 Å². The summed E-state index contributed by atoms with van der Waals surface area (Å²) in [5, 5.41) is 10.7. The molecule has 0 atom stereocenters. The summed E-state index contributed by atoms with van der Waals surface area (Å²) in [6.45, 7) is 3.96. The maximum absolute atomic E-state index is 12.9. The van der Waals surface area contributed by atoms with Gasteiger partial charge >= 0.3 is 12.1 Å². The fraction of sp³-hybridized carbons (Fsp3) is 0.300. The van der Waals surface area contributed by atoms with E-state index >= 15 is 0 Å². The SMILES string of the molecule is CCc1c(C)sc(NC(=S)Nc2ncn(Cc3cccc(C(F)(F)F)c3)n2)c1C(=O)OC. The highest BCUT2D eigenvalue weighted by Crippen LogP contribution is 2.34. The van der Waals surface area contributed by atoms with Gasteiger partial charge in [0.15, 0.2) is 5.11 Å². The van der Waals surface area contributed by atoms with Crippen LogP contribution in [0.2, 0.25) is 0 Å². The zero-order valence-electron chi connectivity index (χ0n) is 17.4. The third kappa shape index (κ3) is 5.43. The molecule has 0 spiro atoms. The van der Waals surface area contributed by atoms with Crippen LogP contribution in [0.25, 0.3) is 0 Å². The first kappa shape index (κ1) is 23.7. The molecular weight excluding hydrogens is 463 g/mol. The largest absolute Gasteiger partial charge is 0.465 e. The normalized spacial score (nSPS) is 11.3. The lowest BCUT2D eigenvalue weighted by molar-refractivity contribution is -0.137. The predicted octanol–water partition coefficient (Wildman–Crippen LogP) is 4.87. The molecule has 0 saturated carbocycles. The van der Waals surface area contributed by atoms with Crippen molar-refractivity contribution in [3.8, 4) is 0 Å². The summed E-state index contributed by atoms with van der Waals surface area (Å²) >= 11 is 6.69. The number of benzene rings is 1. The van der Waals surface area contributed by atoms with Crippen LogP contribution >= 0.6 is 23.6 Å². The lowest BCUT2D eigenvalue weighted by Crippen LogP contribution is -2.21. The molecule has 12 heteroatoms. The van der Waals surface area contributed by atoms with Crippen LogP contribution < -0.4 is 10.6 Å². The smallest absolute Gasteiger partial charge is 0.416 e. The van der Waals surface area contributed by atoms with Crippen molar-refractivity contribution in [3.63, 3.8) is 0 Å². The van der Waals surface area contributed by atoms with E-state index in [1.165, 1.54) is 35.5 Å². The zero-order valence-corrected chi connectivity index (χ0v) is 19.0. The highest BCUT2D eigenvalue weighted by Gasteiger charge is 2.30. The summed E-state index contributed by atoms with van der Waals surface area (Å²) in [6.07, 6.45) is -2.37. The number of ether oxygens (including phenoxy) is 1. The Morgan fingerprint density at radius 2 is 2.06 bits per heavy atom. The molecule has 1 aromatic carbocycles. The number of esters is 1. The second-order valence-corrected chi connectivity index (χ2v) is 8.36. The van der Waals surface area contributed by atoms with Gasteiger partial charge in [-0.2, -0.15) is 13.2 Å². The molecule has 2 aromatic heterocycles. The van der Waals surface area contributed by atoms with Gasteiger partial charge in [0.05, 0.1) is 24.8 Å². The number of rotatable bonds is 6. The van der Waals surface area contributed by atoms with Gasteiger partial charge in [-0.15, -0.1) is 16.4 Å². The van der Waals surface area contributed by atoms with E-state index in [0.29, 0.717) is 22.5 Å². The first-order valence-corrected chi connectivity index (χ1v) is 10.7. The fourth-order valence-electron chi connectivity index (χ4n) is 3.11. The van der Waals surface area contributed by atoms with Crippen molar-refractivity contribution < 1.29 is 22.7 Å². The average Bonchev–Trinajstić information content (AvgIpc) is 3.29. The summed E-state index contributed by atoms with van der Waals surface area (Å²) in [4.78, 5) is 17.3. The summed E-state index contributed by atoms with van der Waals surface area (Å²) in [7, 11) is 1.32. The highest BCUT2D eigenvalue weighted by molar-refractivity contribution is 7.80. The maximum atomic E-state index is 12.9. The molecule has 2 N–H and O–H groups in total. The minimum absolute atomic E-state index is 0.106. The summed E-state index contributed by atoms with van der Waals surface area (Å²) < 4.78 is 44.9. The number of nitrogens with zero attached hydrogens (tertiary/aromatic N) is 3. The molecule has 2 heterocycles. The van der Waals surface area contributed by atoms with Crippen LogP contribution in [0.4, 0.5) is 24.1 Å². The van der Waals surface area contributed by atoms with Crippen LogP contribution in [0, 0.1) is 6.92 Å². The molecule has 3 aromatic rings. The fourth-order valence-corrected chi connectivity index (χ4v) is 4.50. The molecule has 7 nitrogen and oxygen atoms in total. The van der Waals surface area contributed by atoms with Gasteiger partial charge in [0.25, 0.3) is 0 Å². The predicted molar refractivity (Wildman–Crippen MR) is 120 cm³/mol. The van der Waals surface area contributed by atoms with E-state index in [-0.39, 0.29) is 17.6 Å². The number of methoxy groups -OCH3 is 1. The second-order valence-electron chi connectivity index (χ2n) is 6.73. The summed E-state index contributed by atoms with van der Waals surface area (Å²) in [6, 6.07) is 5.01. The van der Waals surface area contributed by atoms with Crippen molar-refractivity contribution >= 4 is 45.6 Å². The Balaban J connectivity index is 1.69. The van der Waals surface area contributed by atoms with E-state index in [1.54, 1.807) is 6.07 Å². The molecule has 0 aliphatic carbocycles. The average molecular weight is 484 g/mol. The van der Waals surface area contributed by atoms with Crippen LogP contribution in [0.15, 0.2) is 30.6 Å². The van der Waals surface area contributed by atoms with Gasteiger partial charge in [-0.3, -0.25) is 5.32 Å². The van der Waals surface area contributed by atoms with Crippen LogP contribution in [-0.2, 0) is 23.9 Å². The molecule has 0 aliphatic rings. The van der Waals surface area contributed by atoms with Crippen molar-refractivity contribution in [3.05, 3.63) is 57.7 Å². The topological polar surface area (TPSA) is 81.1 Å². The van der Waals surface area contributed by atoms with Crippen molar-refractivity contribution in [1.82, 2.24) is 14.8 Å². The van der Waals surface area contributed by atoms with Gasteiger partial charge in [-0.05, 0) is 48.8 Å². The molecule has 32 heavy (non-hydrogen) atoms. The molecule has 3 rings (SSSR count). The van der Waals surface area contributed by atoms with E-state index in [1.807, 2.05) is 13.8 Å². The van der Waals surface area contributed by atoms with Gasteiger partial charge in [-0.1, -0.05) is 19.1 Å². The van der Waals surface area contributed by atoms with Gasteiger partial charge in [0.1, 0.15) is 11.3 Å². The van der Waals surface area contributed by atoms with E-state index in [4.69, 9.17) is 17.0 Å². The van der Waals surface area contributed by atoms with E-state index in [2.05, 4.69) is 20.7 Å². The minimum atomic E-state index is -4.41. The number of hydrogen-bond donors (Lipinski definition) is 2. The van der Waals surface area contributed by atoms with E-state index in [0.717, 1.165) is 22.6 Å². The molecular formula is C20H20F3N5O2S2. The number of thiocarbonyl (C=S) groups is 1. The number of aromatic nitrogens is 3. The molecule has 0 amide bonds. The molecule has 170 valence electrons. The Labute approximate surface area is 191 Å². The van der Waals surface area contributed by atoms with Crippen molar-refractivity contribution in [2.24, 2.45) is 0 Å². The van der Waals surface area contributed by atoms with E-state index in [9.17, 15) is 18.0 Å². The quantitative estimate of drug-likeness (QED) is 0.382. The number of carbonyl (C=O) groups is 1. The number of nitrogens with one attached hydrogen (secondary N) is 2. The Hall–Kier alpha value is -2.99. The molecule has 0 unspecified atom stereocenters. The summed E-state index contributed by atoms with van der Waals surface area (Å²) in [5.41, 5.74) is 1.03. The minimum Gasteiger partial charge on any atom is -0.465 e. The molecule has 0 fully saturated rings. The summed E-state index contributed by atoms with van der Waals surface area (Å²) in [5.74, 6) is -0.293. The van der Waals surface area contributed by atoms with Crippen molar-refractivity contribution in [2.75, 3.05) is 17.7 Å². The Morgan fingerprint density at radius 1 is 1.31 bits per heavy atom. The number of hydrogen-bond acceptors (Lipinski definition) is 6. The Kier molecular flexibility index (Phi) is 7.14. The van der Waals surface area contributed by atoms with Crippen LogP contribution in [0.3, 0.4) is 0 Å². The zero-order chi connectivity index (χ0) is 23.5. The van der Waals surface area contributed by atoms with Crippen LogP contribution in [0.5, 0.6) is 0 Å². The number of thiophene rings is 1. The third-order valence-electron chi connectivity index (χ3n) is 4.54. The Bertz CT molecular complexity index is 1140. The second kappa shape index (κ2) is 9.65. The van der Waals surface area contributed by atoms with Crippen LogP contribution in [-0.4, -0.2) is 33.0 Å². The molecule has 0 bridgehead atoms. The molecule has 0 saturated heterocycles. The van der Waals surface area contributed by atoms with Crippen molar-refractivity contribution in [1.29, 1.82) is 0 Å². The number of aryl methyl sites for hydroxylation is 1. The molecule has 0 aliphatic heterocycles. The molecule has 0 radical (unpaired) electrons. The number of halogens is 3. The third-order valence-corrected chi connectivity index (χ3v) is 5.81. The van der Waals surface area contributed by atoms with E-state index < -0.39 is 17.7 Å². The monoisotopic (exact) mass is 483 g/mol. The van der Waals surface area contributed by atoms with Gasteiger partial charge < -0.3 is 10.1 Å². The maximum Gasteiger partial charge on any atom is 0.416 e. The first-order chi connectivity index (χ1) is 15.1. The standard InChI is InChI=1S/C20H20F3N5O2S2/c1-4-14-11(2)32-16(15(14)17(29)30-3)25-19(31)26-18-24-10-28(27-18)9-12-6-5-7-13(8-12)20(21,22)23/h5-8,10H,4,9H2,1-3H3,(H2,25,26,27,31). The van der Waals surface area contributed by atoms with Gasteiger partial charge in [-0.25, -0.2) is 14.5 Å². The highest BCUT2D eigenvalue weighted by atomic mass is 32.1. The van der Waals surface area contributed by atoms with Crippen LogP contribution in [0.1, 0.15) is 38.8 Å².